The van der Waals surface area contributed by atoms with Crippen molar-refractivity contribution in [2.75, 3.05) is 26.2 Å². The second kappa shape index (κ2) is 9.67. The van der Waals surface area contributed by atoms with Crippen molar-refractivity contribution in [3.8, 4) is 10.6 Å². The fraction of sp³-hybridized carbons (Fsp3) is 0.346. The molecule has 1 aliphatic heterocycles. The maximum Gasteiger partial charge on any atom is 0.433 e. The predicted octanol–water partition coefficient (Wildman–Crippen LogP) is 5.31. The summed E-state index contributed by atoms with van der Waals surface area (Å²) in [4.78, 5) is 23.2. The van der Waals surface area contributed by atoms with Crippen molar-refractivity contribution in [1.29, 1.82) is 0 Å². The smallest absolute Gasteiger partial charge is 0.335 e. The number of aromatic nitrogens is 3. The summed E-state index contributed by atoms with van der Waals surface area (Å²) in [6, 6.07) is 14.2. The quantitative estimate of drug-likeness (QED) is 0.363. The molecule has 0 bridgehead atoms. The number of benzene rings is 1. The lowest BCUT2D eigenvalue weighted by Crippen LogP contribution is -2.48. The summed E-state index contributed by atoms with van der Waals surface area (Å²) in [5, 5.41) is 4.04. The molecule has 4 heterocycles. The van der Waals surface area contributed by atoms with E-state index in [2.05, 4.69) is 34.0 Å². The summed E-state index contributed by atoms with van der Waals surface area (Å²) in [5.41, 5.74) is 1.72. The third-order valence-corrected chi connectivity index (χ3v) is 7.77. The molecular formula is C26H26F3N5OS. The van der Waals surface area contributed by atoms with Crippen LogP contribution in [0.4, 0.5) is 13.2 Å². The molecule has 1 saturated heterocycles. The molecule has 0 radical (unpaired) electrons. The highest BCUT2D eigenvalue weighted by molar-refractivity contribution is 7.15. The van der Waals surface area contributed by atoms with Crippen LogP contribution >= 0.6 is 11.3 Å². The van der Waals surface area contributed by atoms with Crippen LogP contribution in [0.2, 0.25) is 0 Å². The first-order chi connectivity index (χ1) is 17.2. The maximum absolute atomic E-state index is 13.9. The van der Waals surface area contributed by atoms with Gasteiger partial charge in [-0.25, -0.2) is 9.50 Å². The SMILES string of the molecule is CCc1ccc(-c2cc(C(F)(F)F)n3nc(C(=O)N4CCN(Cc5ccccc5C)CC4)cc3n2)s1. The molecule has 5 rings (SSSR count). The van der Waals surface area contributed by atoms with Gasteiger partial charge in [0, 0.05) is 43.7 Å². The molecule has 36 heavy (non-hydrogen) atoms. The van der Waals surface area contributed by atoms with Gasteiger partial charge < -0.3 is 4.90 Å². The zero-order chi connectivity index (χ0) is 25.4. The highest BCUT2D eigenvalue weighted by atomic mass is 32.1. The molecule has 0 atom stereocenters. The number of carbonyl (C=O) groups is 1. The van der Waals surface area contributed by atoms with Crippen LogP contribution in [0.15, 0.2) is 48.5 Å². The van der Waals surface area contributed by atoms with Crippen molar-refractivity contribution < 1.29 is 18.0 Å². The van der Waals surface area contributed by atoms with E-state index in [1.165, 1.54) is 28.5 Å². The lowest BCUT2D eigenvalue weighted by Gasteiger charge is -2.34. The molecule has 0 spiro atoms. The summed E-state index contributed by atoms with van der Waals surface area (Å²) < 4.78 is 42.5. The van der Waals surface area contributed by atoms with Crippen LogP contribution in [0.3, 0.4) is 0 Å². The van der Waals surface area contributed by atoms with Crippen LogP contribution in [-0.2, 0) is 19.1 Å². The Labute approximate surface area is 211 Å². The summed E-state index contributed by atoms with van der Waals surface area (Å²) in [6.07, 6.45) is -3.85. The molecule has 0 saturated carbocycles. The Bertz CT molecular complexity index is 1400. The van der Waals surface area contributed by atoms with E-state index in [4.69, 9.17) is 0 Å². The lowest BCUT2D eigenvalue weighted by atomic mass is 10.1. The highest BCUT2D eigenvalue weighted by Gasteiger charge is 2.36. The first-order valence-electron chi connectivity index (χ1n) is 11.9. The summed E-state index contributed by atoms with van der Waals surface area (Å²) >= 11 is 1.41. The van der Waals surface area contributed by atoms with Gasteiger partial charge in [-0.05, 0) is 42.7 Å². The third-order valence-electron chi connectivity index (χ3n) is 6.51. The number of amides is 1. The number of hydrogen-bond donors (Lipinski definition) is 0. The van der Waals surface area contributed by atoms with E-state index in [1.807, 2.05) is 25.1 Å². The molecule has 1 aliphatic rings. The van der Waals surface area contributed by atoms with Crippen LogP contribution in [0, 0.1) is 6.92 Å². The van der Waals surface area contributed by atoms with Crippen molar-refractivity contribution in [3.63, 3.8) is 0 Å². The first-order valence-corrected chi connectivity index (χ1v) is 12.7. The number of rotatable bonds is 5. The minimum absolute atomic E-state index is 0.00723. The van der Waals surface area contributed by atoms with Gasteiger partial charge in [0.25, 0.3) is 5.91 Å². The standard InChI is InChI=1S/C26H26F3N5OS/c1-3-19-8-9-22(36-19)20-14-23(26(27,28)29)34-24(30-20)15-21(31-34)25(35)33-12-10-32(11-13-33)16-18-7-5-4-6-17(18)2/h4-9,14-15H,3,10-13,16H2,1-2H3. The molecule has 6 nitrogen and oxygen atoms in total. The molecule has 1 amide bonds. The van der Waals surface area contributed by atoms with Gasteiger partial charge in [0.1, 0.15) is 0 Å². The van der Waals surface area contributed by atoms with Gasteiger partial charge in [-0.3, -0.25) is 9.69 Å². The van der Waals surface area contributed by atoms with E-state index in [9.17, 15) is 18.0 Å². The average Bonchev–Trinajstić information content (AvgIpc) is 3.51. The van der Waals surface area contributed by atoms with E-state index in [-0.39, 0.29) is 22.9 Å². The lowest BCUT2D eigenvalue weighted by molar-refractivity contribution is -0.142. The fourth-order valence-corrected chi connectivity index (χ4v) is 5.32. The fourth-order valence-electron chi connectivity index (χ4n) is 4.41. The van der Waals surface area contributed by atoms with Crippen molar-refractivity contribution in [2.24, 2.45) is 0 Å². The van der Waals surface area contributed by atoms with Crippen molar-refractivity contribution >= 4 is 22.9 Å². The van der Waals surface area contributed by atoms with Gasteiger partial charge in [0.05, 0.1) is 10.6 Å². The van der Waals surface area contributed by atoms with Crippen LogP contribution < -0.4 is 0 Å². The zero-order valence-corrected chi connectivity index (χ0v) is 20.9. The highest BCUT2D eigenvalue weighted by Crippen LogP contribution is 2.34. The first kappa shape index (κ1) is 24.5. The normalized spacial score (nSPS) is 15.1. The summed E-state index contributed by atoms with van der Waals surface area (Å²) in [6.45, 7) is 7.20. The number of aryl methyl sites for hydroxylation is 2. The minimum atomic E-state index is -4.64. The number of fused-ring (bicyclic) bond motifs is 1. The van der Waals surface area contributed by atoms with E-state index in [0.29, 0.717) is 31.1 Å². The van der Waals surface area contributed by atoms with Crippen LogP contribution in [0.25, 0.3) is 16.2 Å². The summed E-state index contributed by atoms with van der Waals surface area (Å²) in [7, 11) is 0. The maximum atomic E-state index is 13.9. The Balaban J connectivity index is 1.37. The minimum Gasteiger partial charge on any atom is -0.335 e. The molecule has 10 heteroatoms. The van der Waals surface area contributed by atoms with E-state index in [0.717, 1.165) is 28.4 Å². The number of alkyl halides is 3. The summed E-state index contributed by atoms with van der Waals surface area (Å²) in [5.74, 6) is -0.380. The molecule has 0 unspecified atom stereocenters. The Morgan fingerprint density at radius 1 is 1.06 bits per heavy atom. The van der Waals surface area contributed by atoms with E-state index >= 15 is 0 Å². The molecule has 0 aliphatic carbocycles. The number of thiophene rings is 1. The number of piperazine rings is 1. The molecule has 1 fully saturated rings. The van der Waals surface area contributed by atoms with Gasteiger partial charge >= 0.3 is 6.18 Å². The Hall–Kier alpha value is -3.24. The number of hydrogen-bond acceptors (Lipinski definition) is 5. The predicted molar refractivity (Wildman–Crippen MR) is 133 cm³/mol. The van der Waals surface area contributed by atoms with E-state index in [1.54, 1.807) is 11.0 Å². The molecule has 1 aromatic carbocycles. The van der Waals surface area contributed by atoms with E-state index < -0.39 is 11.9 Å². The second-order valence-corrected chi connectivity index (χ2v) is 10.1. The Morgan fingerprint density at radius 3 is 2.47 bits per heavy atom. The molecule has 3 aromatic heterocycles. The average molecular weight is 514 g/mol. The van der Waals surface area contributed by atoms with Crippen molar-refractivity contribution in [1.82, 2.24) is 24.4 Å². The molecule has 4 aromatic rings. The van der Waals surface area contributed by atoms with Gasteiger partial charge in [-0.15, -0.1) is 11.3 Å². The van der Waals surface area contributed by atoms with Gasteiger partial charge in [0.2, 0.25) is 0 Å². The van der Waals surface area contributed by atoms with Crippen molar-refractivity contribution in [2.45, 2.75) is 33.0 Å². The van der Waals surface area contributed by atoms with Gasteiger partial charge in [-0.1, -0.05) is 31.2 Å². The third kappa shape index (κ3) is 4.87. The molecule has 188 valence electrons. The number of halogens is 3. The zero-order valence-electron chi connectivity index (χ0n) is 20.0. The number of carbonyl (C=O) groups excluding carboxylic acids is 1. The topological polar surface area (TPSA) is 53.7 Å². The Kier molecular flexibility index (Phi) is 6.57. The van der Waals surface area contributed by atoms with Crippen LogP contribution in [0.5, 0.6) is 0 Å². The van der Waals surface area contributed by atoms with Gasteiger partial charge in [0.15, 0.2) is 17.0 Å². The second-order valence-electron chi connectivity index (χ2n) is 8.94. The van der Waals surface area contributed by atoms with Crippen LogP contribution in [0.1, 0.15) is 39.1 Å². The van der Waals surface area contributed by atoms with Crippen LogP contribution in [-0.4, -0.2) is 56.5 Å². The van der Waals surface area contributed by atoms with Gasteiger partial charge in [-0.2, -0.15) is 18.3 Å². The molecule has 0 N–H and O–H groups in total. The Morgan fingerprint density at radius 2 is 1.81 bits per heavy atom. The number of nitrogens with zero attached hydrogens (tertiary/aromatic N) is 5. The largest absolute Gasteiger partial charge is 0.433 e. The molecular weight excluding hydrogens is 487 g/mol. The monoisotopic (exact) mass is 513 g/mol. The van der Waals surface area contributed by atoms with Crippen molar-refractivity contribution in [3.05, 3.63) is 75.9 Å².